The molecule has 1 aliphatic rings. The average molecular weight is 657 g/mol. The molecule has 0 radical (unpaired) electrons. The molecule has 0 spiro atoms. The van der Waals surface area contributed by atoms with Crippen molar-refractivity contribution in [3.63, 3.8) is 0 Å². The van der Waals surface area contributed by atoms with Crippen LogP contribution in [-0.2, 0) is 0 Å². The van der Waals surface area contributed by atoms with Gasteiger partial charge in [-0.2, -0.15) is 0 Å². The number of aliphatic imine (C=N–C) groups is 1. The smallest absolute Gasteiger partial charge is 0.0946 e. The average Bonchev–Trinajstić information content (AvgIpc) is 3.74. The van der Waals surface area contributed by atoms with E-state index >= 15 is 0 Å². The molecule has 236 valence electrons. The lowest BCUT2D eigenvalue weighted by molar-refractivity contribution is 0.904. The number of para-hydroxylation sites is 2. The van der Waals surface area contributed by atoms with Gasteiger partial charge in [0.1, 0.15) is 0 Å². The second-order valence-corrected chi connectivity index (χ2v) is 14.2. The molecule has 0 saturated carbocycles. The van der Waals surface area contributed by atoms with E-state index < -0.39 is 0 Å². The van der Waals surface area contributed by atoms with E-state index in [9.17, 15) is 0 Å². The van der Waals surface area contributed by atoms with Crippen LogP contribution in [0.4, 0.5) is 0 Å². The van der Waals surface area contributed by atoms with Gasteiger partial charge in [-0.15, -0.1) is 11.3 Å². The summed E-state index contributed by atoms with van der Waals surface area (Å²) >= 11 is 1.88. The molecule has 1 aliphatic heterocycles. The van der Waals surface area contributed by atoms with Crippen molar-refractivity contribution in [2.45, 2.75) is 12.5 Å². The standard InChI is InChI=1S/C47H32N2S/c1-4-13-31(14-5-1)35-28-41(32-15-6-2-7-16-32)48-42(29-35)38-20-12-22-45-47(38)39-25-23-34(30-46(39)50-45)33-24-26-44-40(27-33)37-19-10-11-21-43(37)49(44)36-17-8-3-9-18-36/h1-27,29-30,42H,28H2. The SMILES string of the molecule is C1=C(c2ccccc2)CC(c2ccccc2)=NC1c1cccc2sc3cc(-c4ccc5c(c4)c4ccccc4n5-c4ccccc4)ccc3c12. The van der Waals surface area contributed by atoms with Gasteiger partial charge in [0.2, 0.25) is 0 Å². The number of dihydropyridines is 1. The quantitative estimate of drug-likeness (QED) is 0.175. The Hall–Kier alpha value is -6.03. The molecular formula is C47H32N2S. The van der Waals surface area contributed by atoms with Crippen LogP contribution in [0.25, 0.3) is 64.4 Å². The number of hydrogen-bond donors (Lipinski definition) is 0. The molecule has 50 heavy (non-hydrogen) atoms. The molecule has 0 amide bonds. The molecule has 10 rings (SSSR count). The number of fused-ring (bicyclic) bond motifs is 6. The lowest BCUT2D eigenvalue weighted by Gasteiger charge is -2.22. The van der Waals surface area contributed by atoms with E-state index in [0.717, 1.165) is 12.1 Å². The normalized spacial score (nSPS) is 14.8. The fraction of sp³-hybridized carbons (Fsp3) is 0.0426. The summed E-state index contributed by atoms with van der Waals surface area (Å²) < 4.78 is 4.97. The number of thiophene rings is 1. The molecule has 1 unspecified atom stereocenters. The Labute approximate surface area is 294 Å². The Morgan fingerprint density at radius 3 is 2.00 bits per heavy atom. The first-order valence-electron chi connectivity index (χ1n) is 17.2. The second-order valence-electron chi connectivity index (χ2n) is 13.1. The number of allylic oxidation sites excluding steroid dienone is 1. The van der Waals surface area contributed by atoms with Gasteiger partial charge >= 0.3 is 0 Å². The summed E-state index contributed by atoms with van der Waals surface area (Å²) in [6.07, 6.45) is 3.21. The van der Waals surface area contributed by atoms with Crippen LogP contribution in [0.3, 0.4) is 0 Å². The summed E-state index contributed by atoms with van der Waals surface area (Å²) in [7, 11) is 0. The van der Waals surface area contributed by atoms with Crippen molar-refractivity contribution in [3.05, 3.63) is 193 Å². The third-order valence-electron chi connectivity index (χ3n) is 10.1. The minimum Gasteiger partial charge on any atom is -0.309 e. The van der Waals surface area contributed by atoms with E-state index in [1.165, 1.54) is 81.1 Å². The van der Waals surface area contributed by atoms with E-state index in [-0.39, 0.29) is 6.04 Å². The van der Waals surface area contributed by atoms with Gasteiger partial charge in [-0.1, -0.05) is 133 Å². The minimum atomic E-state index is -0.0697. The lowest BCUT2D eigenvalue weighted by Crippen LogP contribution is -2.11. The minimum absolute atomic E-state index is 0.0697. The topological polar surface area (TPSA) is 17.3 Å². The first-order valence-corrected chi connectivity index (χ1v) is 18.0. The van der Waals surface area contributed by atoms with E-state index in [0.29, 0.717) is 0 Å². The number of aromatic nitrogens is 1. The summed E-state index contributed by atoms with van der Waals surface area (Å²) in [6.45, 7) is 0. The Morgan fingerprint density at radius 1 is 0.500 bits per heavy atom. The highest BCUT2D eigenvalue weighted by molar-refractivity contribution is 7.25. The van der Waals surface area contributed by atoms with E-state index in [1.54, 1.807) is 0 Å². The van der Waals surface area contributed by atoms with E-state index in [2.05, 4.69) is 181 Å². The summed E-state index contributed by atoms with van der Waals surface area (Å²) in [5.74, 6) is 0. The Kier molecular flexibility index (Phi) is 6.85. The molecular weight excluding hydrogens is 625 g/mol. The van der Waals surface area contributed by atoms with E-state index in [4.69, 9.17) is 4.99 Å². The second kappa shape index (κ2) is 11.8. The van der Waals surface area contributed by atoms with Crippen LogP contribution >= 0.6 is 11.3 Å². The molecule has 0 saturated heterocycles. The van der Waals surface area contributed by atoms with Gasteiger partial charge in [-0.05, 0) is 75.9 Å². The summed E-state index contributed by atoms with van der Waals surface area (Å²) in [6, 6.07) is 61.4. The maximum atomic E-state index is 5.42. The first-order chi connectivity index (χ1) is 24.8. The van der Waals surface area contributed by atoms with Crippen molar-refractivity contribution in [2.24, 2.45) is 4.99 Å². The van der Waals surface area contributed by atoms with E-state index in [1.807, 2.05) is 11.3 Å². The maximum Gasteiger partial charge on any atom is 0.0946 e. The molecule has 0 N–H and O–H groups in total. The largest absolute Gasteiger partial charge is 0.309 e. The molecule has 0 fully saturated rings. The molecule has 7 aromatic carbocycles. The lowest BCUT2D eigenvalue weighted by atomic mass is 9.89. The molecule has 1 atom stereocenters. The molecule has 0 bridgehead atoms. The van der Waals surface area contributed by atoms with Gasteiger partial charge in [0, 0.05) is 48.8 Å². The van der Waals surface area contributed by atoms with Crippen molar-refractivity contribution in [3.8, 4) is 16.8 Å². The van der Waals surface area contributed by atoms with Crippen LogP contribution in [-0.4, -0.2) is 10.3 Å². The highest BCUT2D eigenvalue weighted by Crippen LogP contribution is 2.43. The fourth-order valence-electron chi connectivity index (χ4n) is 7.78. The monoisotopic (exact) mass is 656 g/mol. The van der Waals surface area contributed by atoms with Crippen LogP contribution in [0.15, 0.2) is 181 Å². The maximum absolute atomic E-state index is 5.42. The van der Waals surface area contributed by atoms with Crippen molar-refractivity contribution in [1.29, 1.82) is 0 Å². The van der Waals surface area contributed by atoms with Crippen LogP contribution < -0.4 is 0 Å². The van der Waals surface area contributed by atoms with Crippen LogP contribution in [0, 0.1) is 0 Å². The number of rotatable bonds is 5. The molecule has 0 aliphatic carbocycles. The zero-order valence-corrected chi connectivity index (χ0v) is 28.1. The van der Waals surface area contributed by atoms with Gasteiger partial charge in [0.25, 0.3) is 0 Å². The zero-order valence-electron chi connectivity index (χ0n) is 27.3. The third-order valence-corrected chi connectivity index (χ3v) is 11.2. The Balaban J connectivity index is 1.10. The van der Waals surface area contributed by atoms with Crippen molar-refractivity contribution >= 4 is 64.6 Å². The van der Waals surface area contributed by atoms with Crippen LogP contribution in [0.5, 0.6) is 0 Å². The van der Waals surface area contributed by atoms with Gasteiger partial charge in [-0.3, -0.25) is 4.99 Å². The Morgan fingerprint density at radius 2 is 1.18 bits per heavy atom. The van der Waals surface area contributed by atoms with Crippen molar-refractivity contribution in [2.75, 3.05) is 0 Å². The van der Waals surface area contributed by atoms with Gasteiger partial charge in [-0.25, -0.2) is 0 Å². The van der Waals surface area contributed by atoms with Gasteiger partial charge in [0.05, 0.1) is 17.1 Å². The fourth-order valence-corrected chi connectivity index (χ4v) is 8.96. The summed E-state index contributed by atoms with van der Waals surface area (Å²) in [4.78, 5) is 5.42. The Bertz CT molecular complexity index is 2710. The first kappa shape index (κ1) is 28.9. The summed E-state index contributed by atoms with van der Waals surface area (Å²) in [5.41, 5.74) is 12.3. The molecule has 2 nitrogen and oxygen atoms in total. The molecule has 3 heteroatoms. The van der Waals surface area contributed by atoms with Gasteiger partial charge < -0.3 is 4.57 Å². The third kappa shape index (κ3) is 4.81. The number of hydrogen-bond acceptors (Lipinski definition) is 2. The predicted octanol–water partition coefficient (Wildman–Crippen LogP) is 12.8. The molecule has 3 heterocycles. The van der Waals surface area contributed by atoms with Gasteiger partial charge in [0.15, 0.2) is 0 Å². The van der Waals surface area contributed by atoms with Crippen LogP contribution in [0.2, 0.25) is 0 Å². The van der Waals surface area contributed by atoms with Crippen LogP contribution in [0.1, 0.15) is 29.2 Å². The molecule has 9 aromatic rings. The number of benzene rings is 7. The summed E-state index contributed by atoms with van der Waals surface area (Å²) in [5, 5.41) is 5.15. The highest BCUT2D eigenvalue weighted by Gasteiger charge is 2.23. The highest BCUT2D eigenvalue weighted by atomic mass is 32.1. The molecule has 2 aromatic heterocycles. The zero-order chi connectivity index (χ0) is 33.0. The van der Waals surface area contributed by atoms with Crippen molar-refractivity contribution in [1.82, 2.24) is 4.57 Å². The predicted molar refractivity (Wildman–Crippen MR) is 214 cm³/mol. The van der Waals surface area contributed by atoms with Crippen molar-refractivity contribution < 1.29 is 0 Å². The number of nitrogens with zero attached hydrogens (tertiary/aromatic N) is 2.